The summed E-state index contributed by atoms with van der Waals surface area (Å²) in [7, 11) is 0. The van der Waals surface area contributed by atoms with Crippen molar-refractivity contribution in [3.05, 3.63) is 34.9 Å². The first-order valence-corrected chi connectivity index (χ1v) is 7.25. The number of carbonyl (C=O) groups is 1. The minimum Gasteiger partial charge on any atom is -0.388 e. The van der Waals surface area contributed by atoms with Crippen LogP contribution in [0.5, 0.6) is 0 Å². The highest BCUT2D eigenvalue weighted by Crippen LogP contribution is 2.25. The molecule has 0 aliphatic heterocycles. The molecule has 0 fully saturated rings. The van der Waals surface area contributed by atoms with E-state index in [4.69, 9.17) is 0 Å². The van der Waals surface area contributed by atoms with Crippen LogP contribution in [0.3, 0.4) is 0 Å². The summed E-state index contributed by atoms with van der Waals surface area (Å²) < 4.78 is 0. The molecule has 0 aliphatic rings. The van der Waals surface area contributed by atoms with Crippen LogP contribution in [0.4, 0.5) is 0 Å². The van der Waals surface area contributed by atoms with Crippen LogP contribution in [0.15, 0.2) is 18.2 Å². The number of ketones is 1. The summed E-state index contributed by atoms with van der Waals surface area (Å²) in [6.45, 7) is 11.8. The fourth-order valence-corrected chi connectivity index (χ4v) is 1.89. The van der Waals surface area contributed by atoms with Gasteiger partial charge in [0.25, 0.3) is 0 Å². The lowest BCUT2D eigenvalue weighted by Gasteiger charge is -2.18. The fourth-order valence-electron chi connectivity index (χ4n) is 1.89. The molecule has 1 aromatic rings. The minimum atomic E-state index is -0.687. The smallest absolute Gasteiger partial charge is 0.138 e. The first-order chi connectivity index (χ1) is 8.97. The van der Waals surface area contributed by atoms with Crippen LogP contribution in [-0.4, -0.2) is 10.9 Å². The average Bonchev–Trinajstić information content (AvgIpc) is 2.42. The highest BCUT2D eigenvalue weighted by atomic mass is 16.3. The molecule has 0 aromatic heterocycles. The number of Topliss-reactive ketones (excluding diaryl/α,β-unsaturated/α-hetero) is 1. The Morgan fingerprint density at radius 1 is 1.21 bits per heavy atom. The Morgan fingerprint density at radius 2 is 1.79 bits per heavy atom. The molecule has 0 aliphatic carbocycles. The maximum absolute atomic E-state index is 11.7. The van der Waals surface area contributed by atoms with Gasteiger partial charge in [-0.25, -0.2) is 0 Å². The van der Waals surface area contributed by atoms with Crippen molar-refractivity contribution < 1.29 is 9.90 Å². The molecule has 0 amide bonds. The number of aryl methyl sites for hydroxylation is 2. The second-order valence-corrected chi connectivity index (χ2v) is 4.79. The summed E-state index contributed by atoms with van der Waals surface area (Å²) >= 11 is 0. The Morgan fingerprint density at radius 3 is 2.26 bits per heavy atom. The number of carbonyl (C=O) groups excluding carboxylic acids is 1. The Bertz CT molecular complexity index is 396. The second-order valence-electron chi connectivity index (χ2n) is 4.79. The topological polar surface area (TPSA) is 37.3 Å². The van der Waals surface area contributed by atoms with Crippen LogP contribution in [0.25, 0.3) is 0 Å². The van der Waals surface area contributed by atoms with Crippen LogP contribution < -0.4 is 0 Å². The molecule has 2 unspecified atom stereocenters. The van der Waals surface area contributed by atoms with Crippen molar-refractivity contribution in [2.45, 2.75) is 60.5 Å². The molecule has 0 radical (unpaired) electrons. The van der Waals surface area contributed by atoms with Crippen LogP contribution in [0.1, 0.15) is 63.3 Å². The quantitative estimate of drug-likeness (QED) is 0.857. The lowest BCUT2D eigenvalue weighted by molar-refractivity contribution is -0.125. The van der Waals surface area contributed by atoms with Gasteiger partial charge in [-0.2, -0.15) is 0 Å². The summed E-state index contributed by atoms with van der Waals surface area (Å²) in [4.78, 5) is 11.7. The predicted octanol–water partition coefficient (Wildman–Crippen LogP) is 4.37. The van der Waals surface area contributed by atoms with Crippen molar-refractivity contribution in [1.82, 2.24) is 0 Å². The van der Waals surface area contributed by atoms with Crippen molar-refractivity contribution in [3.63, 3.8) is 0 Å². The zero-order chi connectivity index (χ0) is 15.0. The van der Waals surface area contributed by atoms with Crippen LogP contribution >= 0.6 is 0 Å². The molecule has 19 heavy (non-hydrogen) atoms. The Kier molecular flexibility index (Phi) is 8.33. The first-order valence-electron chi connectivity index (χ1n) is 7.25. The molecule has 1 rings (SSSR count). The van der Waals surface area contributed by atoms with E-state index in [1.54, 1.807) is 6.92 Å². The van der Waals surface area contributed by atoms with Crippen LogP contribution in [-0.2, 0) is 4.79 Å². The van der Waals surface area contributed by atoms with Gasteiger partial charge in [-0.05, 0) is 37.0 Å². The van der Waals surface area contributed by atoms with Gasteiger partial charge in [0.15, 0.2) is 0 Å². The molecule has 0 saturated heterocycles. The van der Waals surface area contributed by atoms with Gasteiger partial charge in [-0.1, -0.05) is 45.9 Å². The number of aliphatic hydroxyl groups excluding tert-OH is 1. The Labute approximate surface area is 117 Å². The van der Waals surface area contributed by atoms with E-state index in [1.165, 1.54) is 5.56 Å². The van der Waals surface area contributed by atoms with Gasteiger partial charge >= 0.3 is 0 Å². The maximum atomic E-state index is 11.7. The van der Waals surface area contributed by atoms with Crippen molar-refractivity contribution in [3.8, 4) is 0 Å². The SMILES string of the molecule is CC.CCCC(=O)C(C)C(O)c1ccc(C)c(C)c1. The standard InChI is InChI=1S/C15H22O2.C2H6/c1-5-6-14(16)12(4)15(17)13-8-7-10(2)11(3)9-13;1-2/h7-9,12,15,17H,5-6H2,1-4H3;1-2H3. The van der Waals surface area contributed by atoms with E-state index in [1.807, 2.05) is 52.8 Å². The molecule has 2 heteroatoms. The lowest BCUT2D eigenvalue weighted by Crippen LogP contribution is -2.19. The van der Waals surface area contributed by atoms with Crippen molar-refractivity contribution in [2.75, 3.05) is 0 Å². The van der Waals surface area contributed by atoms with Crippen LogP contribution in [0.2, 0.25) is 0 Å². The van der Waals surface area contributed by atoms with E-state index in [2.05, 4.69) is 0 Å². The molecule has 0 saturated carbocycles. The summed E-state index contributed by atoms with van der Waals surface area (Å²) in [5.74, 6) is -0.185. The molecule has 0 bridgehead atoms. The zero-order valence-electron chi connectivity index (χ0n) is 13.2. The van der Waals surface area contributed by atoms with Gasteiger partial charge in [0, 0.05) is 12.3 Å². The number of hydrogen-bond donors (Lipinski definition) is 1. The van der Waals surface area contributed by atoms with Crippen LogP contribution in [0, 0.1) is 19.8 Å². The van der Waals surface area contributed by atoms with Crippen molar-refractivity contribution in [2.24, 2.45) is 5.92 Å². The Balaban J connectivity index is 0.00000154. The van der Waals surface area contributed by atoms with E-state index in [-0.39, 0.29) is 11.7 Å². The van der Waals surface area contributed by atoms with Gasteiger partial charge < -0.3 is 5.11 Å². The normalized spacial score (nSPS) is 13.2. The average molecular weight is 264 g/mol. The number of hydrogen-bond acceptors (Lipinski definition) is 2. The number of benzene rings is 1. The molecular weight excluding hydrogens is 236 g/mol. The first kappa shape index (κ1) is 17.8. The van der Waals surface area contributed by atoms with E-state index >= 15 is 0 Å². The van der Waals surface area contributed by atoms with E-state index in [9.17, 15) is 9.90 Å². The van der Waals surface area contributed by atoms with Gasteiger partial charge in [0.2, 0.25) is 0 Å². The third-order valence-electron chi connectivity index (χ3n) is 3.35. The number of aliphatic hydroxyl groups is 1. The minimum absolute atomic E-state index is 0.137. The fraction of sp³-hybridized carbons (Fsp3) is 0.588. The van der Waals surface area contributed by atoms with Crippen molar-refractivity contribution >= 4 is 5.78 Å². The number of rotatable bonds is 5. The van der Waals surface area contributed by atoms with E-state index < -0.39 is 6.10 Å². The summed E-state index contributed by atoms with van der Waals surface area (Å²) in [6.07, 6.45) is 0.694. The highest BCUT2D eigenvalue weighted by Gasteiger charge is 2.22. The zero-order valence-corrected chi connectivity index (χ0v) is 13.2. The summed E-state index contributed by atoms with van der Waals surface area (Å²) in [5.41, 5.74) is 3.19. The van der Waals surface area contributed by atoms with E-state index in [0.29, 0.717) is 6.42 Å². The predicted molar refractivity (Wildman–Crippen MR) is 81.3 cm³/mol. The molecule has 108 valence electrons. The molecular formula is C17H28O2. The highest BCUT2D eigenvalue weighted by molar-refractivity contribution is 5.81. The third kappa shape index (κ3) is 5.15. The molecule has 0 spiro atoms. The van der Waals surface area contributed by atoms with E-state index in [0.717, 1.165) is 17.5 Å². The molecule has 0 heterocycles. The molecule has 1 aromatic carbocycles. The van der Waals surface area contributed by atoms with Gasteiger partial charge in [0.1, 0.15) is 5.78 Å². The monoisotopic (exact) mass is 264 g/mol. The second kappa shape index (κ2) is 8.87. The van der Waals surface area contributed by atoms with Gasteiger partial charge in [-0.3, -0.25) is 4.79 Å². The molecule has 1 N–H and O–H groups in total. The van der Waals surface area contributed by atoms with Crippen molar-refractivity contribution in [1.29, 1.82) is 0 Å². The largest absolute Gasteiger partial charge is 0.388 e. The Hall–Kier alpha value is -1.15. The third-order valence-corrected chi connectivity index (χ3v) is 3.35. The summed E-state index contributed by atoms with van der Waals surface area (Å²) in [6, 6.07) is 5.86. The molecule has 2 atom stereocenters. The summed E-state index contributed by atoms with van der Waals surface area (Å²) in [5, 5.41) is 10.2. The van der Waals surface area contributed by atoms with Gasteiger partial charge in [0.05, 0.1) is 6.10 Å². The lowest BCUT2D eigenvalue weighted by atomic mass is 9.90. The molecule has 2 nitrogen and oxygen atoms in total. The maximum Gasteiger partial charge on any atom is 0.138 e. The van der Waals surface area contributed by atoms with Gasteiger partial charge in [-0.15, -0.1) is 0 Å².